The molecule has 4 saturated carbocycles. The van der Waals surface area contributed by atoms with Crippen molar-refractivity contribution in [1.29, 1.82) is 0 Å². The van der Waals surface area contributed by atoms with Gasteiger partial charge >= 0.3 is 0 Å². The van der Waals surface area contributed by atoms with Crippen molar-refractivity contribution < 1.29 is 0 Å². The van der Waals surface area contributed by atoms with Gasteiger partial charge in [0.2, 0.25) is 0 Å². The first-order valence-electron chi connectivity index (χ1n) is 5.72. The lowest BCUT2D eigenvalue weighted by Crippen LogP contribution is -2.40. The molecule has 0 spiro atoms. The van der Waals surface area contributed by atoms with Crippen LogP contribution in [0, 0.1) is 23.7 Å². The summed E-state index contributed by atoms with van der Waals surface area (Å²) < 4.78 is 1.46. The molecule has 0 N–H and O–H groups in total. The molecule has 4 aliphatic carbocycles. The third-order valence-corrected chi connectivity index (χ3v) is 6.50. The van der Waals surface area contributed by atoms with Gasteiger partial charge in [0.25, 0.3) is 0 Å². The van der Waals surface area contributed by atoms with Crippen LogP contribution in [0.15, 0.2) is 10.1 Å². The first-order chi connectivity index (χ1) is 6.78. The maximum absolute atomic E-state index is 3.76. The minimum atomic E-state index is 0.943. The van der Waals surface area contributed by atoms with Gasteiger partial charge in [-0.25, -0.2) is 0 Å². The van der Waals surface area contributed by atoms with Crippen molar-refractivity contribution in [3.05, 3.63) is 10.1 Å². The zero-order valence-corrected chi connectivity index (χ0v) is 11.5. The van der Waals surface area contributed by atoms with Gasteiger partial charge < -0.3 is 0 Å². The molecule has 4 aliphatic rings. The van der Waals surface area contributed by atoms with Gasteiger partial charge in [-0.2, -0.15) is 0 Å². The molecule has 4 rings (SSSR count). The number of halogens is 2. The molecule has 0 nitrogen and oxygen atoms in total. The maximum Gasteiger partial charge on any atom is 0.0349 e. The van der Waals surface area contributed by atoms with Crippen LogP contribution in [0.25, 0.3) is 0 Å². The number of alkyl halides is 1. The highest BCUT2D eigenvalue weighted by molar-refractivity contribution is 9.13. The van der Waals surface area contributed by atoms with Crippen molar-refractivity contribution in [2.24, 2.45) is 23.7 Å². The lowest BCUT2D eigenvalue weighted by molar-refractivity contribution is 0.0693. The first kappa shape index (κ1) is 9.89. The summed E-state index contributed by atoms with van der Waals surface area (Å²) in [6.07, 6.45) is 7.51. The van der Waals surface area contributed by atoms with E-state index < -0.39 is 0 Å². The van der Waals surface area contributed by atoms with Crippen molar-refractivity contribution in [2.45, 2.75) is 32.1 Å². The second-order valence-corrected chi connectivity index (χ2v) is 6.82. The molecule has 0 aromatic heterocycles. The summed E-state index contributed by atoms with van der Waals surface area (Å²) in [7, 11) is 0. The molecule has 0 aromatic rings. The minimum absolute atomic E-state index is 0.943. The molecule has 0 saturated heterocycles. The molecular weight excluding hydrogens is 304 g/mol. The van der Waals surface area contributed by atoms with Crippen LogP contribution in [0.4, 0.5) is 0 Å². The Morgan fingerprint density at radius 2 is 1.50 bits per heavy atom. The van der Waals surface area contributed by atoms with E-state index in [1.807, 2.05) is 0 Å². The Morgan fingerprint density at radius 1 is 1.00 bits per heavy atom. The smallest absolute Gasteiger partial charge is 0.0349 e. The summed E-state index contributed by atoms with van der Waals surface area (Å²) in [6, 6.07) is 0. The van der Waals surface area contributed by atoms with Crippen molar-refractivity contribution in [1.82, 2.24) is 0 Å². The lowest BCUT2D eigenvalue weighted by Gasteiger charge is -2.51. The van der Waals surface area contributed by atoms with Crippen LogP contribution in [0.2, 0.25) is 0 Å². The van der Waals surface area contributed by atoms with Crippen molar-refractivity contribution >= 4 is 31.9 Å². The van der Waals surface area contributed by atoms with Crippen LogP contribution < -0.4 is 0 Å². The topological polar surface area (TPSA) is 0 Å². The molecule has 0 heterocycles. The lowest BCUT2D eigenvalue weighted by atomic mass is 9.54. The second kappa shape index (κ2) is 3.62. The summed E-state index contributed by atoms with van der Waals surface area (Å²) in [5, 5.41) is 1.02. The fourth-order valence-electron chi connectivity index (χ4n) is 4.21. The van der Waals surface area contributed by atoms with E-state index in [1.54, 1.807) is 12.0 Å². The van der Waals surface area contributed by atoms with Gasteiger partial charge in [0.1, 0.15) is 0 Å². The normalized spacial score (nSPS) is 44.6. The van der Waals surface area contributed by atoms with E-state index in [4.69, 9.17) is 0 Å². The number of hydrogen-bond acceptors (Lipinski definition) is 0. The van der Waals surface area contributed by atoms with Gasteiger partial charge in [-0.3, -0.25) is 0 Å². The second-order valence-electron chi connectivity index (χ2n) is 5.30. The van der Waals surface area contributed by atoms with Gasteiger partial charge in [0.15, 0.2) is 0 Å². The van der Waals surface area contributed by atoms with Crippen molar-refractivity contribution in [3.63, 3.8) is 0 Å². The predicted molar refractivity (Wildman–Crippen MR) is 66.8 cm³/mol. The van der Waals surface area contributed by atoms with E-state index in [0.717, 1.165) is 29.0 Å². The number of hydrogen-bond donors (Lipinski definition) is 0. The van der Waals surface area contributed by atoms with Crippen LogP contribution >= 0.6 is 31.9 Å². The average Bonchev–Trinajstić information content (AvgIpc) is 2.15. The standard InChI is InChI=1S/C12H16Br2/c13-6-11(14)12-9-2-7-1-8(4-9)5-10(12)3-7/h7-10H,1-6H2. The highest BCUT2D eigenvalue weighted by Crippen LogP contribution is 2.57. The molecule has 0 atom stereocenters. The Labute approximate surface area is 103 Å². The van der Waals surface area contributed by atoms with E-state index >= 15 is 0 Å². The molecule has 4 fully saturated rings. The first-order valence-corrected chi connectivity index (χ1v) is 7.63. The van der Waals surface area contributed by atoms with Gasteiger partial charge in [-0.05, 0) is 55.8 Å². The maximum atomic E-state index is 3.76. The monoisotopic (exact) mass is 318 g/mol. The molecule has 0 aromatic carbocycles. The van der Waals surface area contributed by atoms with Gasteiger partial charge in [-0.15, -0.1) is 0 Å². The summed E-state index contributed by atoms with van der Waals surface area (Å²) in [4.78, 5) is 0. The van der Waals surface area contributed by atoms with Crippen LogP contribution in [0.5, 0.6) is 0 Å². The average molecular weight is 320 g/mol. The quantitative estimate of drug-likeness (QED) is 0.625. The Kier molecular flexibility index (Phi) is 2.56. The van der Waals surface area contributed by atoms with Crippen LogP contribution in [0.1, 0.15) is 32.1 Å². The molecule has 14 heavy (non-hydrogen) atoms. The highest BCUT2D eigenvalue weighted by atomic mass is 79.9. The predicted octanol–water partition coefficient (Wildman–Crippen LogP) is 4.49. The summed E-state index contributed by atoms with van der Waals surface area (Å²) >= 11 is 7.34. The molecule has 78 valence electrons. The van der Waals surface area contributed by atoms with E-state index in [9.17, 15) is 0 Å². The zero-order valence-electron chi connectivity index (χ0n) is 8.31. The molecule has 4 bridgehead atoms. The van der Waals surface area contributed by atoms with Gasteiger partial charge in [-0.1, -0.05) is 37.4 Å². The Hall–Kier alpha value is 0.700. The van der Waals surface area contributed by atoms with Gasteiger partial charge in [0.05, 0.1) is 0 Å². The molecule has 0 amide bonds. The Balaban J connectivity index is 1.95. The minimum Gasteiger partial charge on any atom is -0.0870 e. The molecule has 0 radical (unpaired) electrons. The van der Waals surface area contributed by atoms with Crippen molar-refractivity contribution in [2.75, 3.05) is 5.33 Å². The van der Waals surface area contributed by atoms with Gasteiger partial charge in [0, 0.05) is 9.81 Å². The molecular formula is C12H16Br2. The third-order valence-electron chi connectivity index (χ3n) is 4.45. The highest BCUT2D eigenvalue weighted by Gasteiger charge is 2.45. The molecule has 0 aliphatic heterocycles. The van der Waals surface area contributed by atoms with Crippen LogP contribution in [0.3, 0.4) is 0 Å². The largest absolute Gasteiger partial charge is 0.0870 e. The van der Waals surface area contributed by atoms with Crippen LogP contribution in [-0.2, 0) is 0 Å². The number of allylic oxidation sites excluding steroid dienone is 2. The van der Waals surface area contributed by atoms with E-state index in [0.29, 0.717) is 0 Å². The summed E-state index contributed by atoms with van der Waals surface area (Å²) in [5.41, 5.74) is 1.79. The number of rotatable bonds is 1. The van der Waals surface area contributed by atoms with Crippen molar-refractivity contribution in [3.8, 4) is 0 Å². The summed E-state index contributed by atoms with van der Waals surface area (Å²) in [6.45, 7) is 0. The summed E-state index contributed by atoms with van der Waals surface area (Å²) in [5.74, 6) is 4.05. The fourth-order valence-corrected chi connectivity index (χ4v) is 5.18. The SMILES string of the molecule is BrCC(Br)=C1C2CC3CC(C2)CC1C3. The third kappa shape index (κ3) is 1.44. The fraction of sp³-hybridized carbons (Fsp3) is 0.833. The Morgan fingerprint density at radius 3 is 1.93 bits per heavy atom. The van der Waals surface area contributed by atoms with E-state index in [2.05, 4.69) is 31.9 Å². The van der Waals surface area contributed by atoms with E-state index in [-0.39, 0.29) is 0 Å². The molecule has 0 unspecified atom stereocenters. The van der Waals surface area contributed by atoms with Crippen LogP contribution in [-0.4, -0.2) is 5.33 Å². The zero-order chi connectivity index (χ0) is 9.71. The Bertz CT molecular complexity index is 250. The molecule has 2 heteroatoms. The van der Waals surface area contributed by atoms with E-state index in [1.165, 1.54) is 30.2 Å².